The number of carbonyl (C=O) groups excluding carboxylic acids is 1. The van der Waals surface area contributed by atoms with E-state index in [-0.39, 0.29) is 18.6 Å². The van der Waals surface area contributed by atoms with Gasteiger partial charge in [-0.25, -0.2) is 9.97 Å². The predicted molar refractivity (Wildman–Crippen MR) is 86.7 cm³/mol. The molecule has 0 saturated carbocycles. The first-order valence-corrected chi connectivity index (χ1v) is 7.81. The molecule has 0 spiro atoms. The Balaban J connectivity index is 2.26. The molecule has 0 aliphatic heterocycles. The fraction of sp³-hybridized carbons (Fsp3) is 0.412. The molecule has 1 amide bonds. The lowest BCUT2D eigenvalue weighted by molar-refractivity contribution is 0.0563. The van der Waals surface area contributed by atoms with Gasteiger partial charge in [-0.3, -0.25) is 9.78 Å². The quantitative estimate of drug-likeness (QED) is 0.843. The van der Waals surface area contributed by atoms with Crippen molar-refractivity contribution >= 4 is 5.91 Å². The lowest BCUT2D eigenvalue weighted by atomic mass is 10.1. The van der Waals surface area contributed by atoms with Crippen molar-refractivity contribution < 1.29 is 9.90 Å². The minimum atomic E-state index is -0.249. The Hall–Kier alpha value is -2.34. The van der Waals surface area contributed by atoms with Gasteiger partial charge < -0.3 is 10.0 Å². The Kier molecular flexibility index (Phi) is 6.17. The van der Waals surface area contributed by atoms with Crippen LogP contribution in [0.15, 0.2) is 36.9 Å². The highest BCUT2D eigenvalue weighted by Crippen LogP contribution is 2.14. The van der Waals surface area contributed by atoms with E-state index >= 15 is 0 Å². The summed E-state index contributed by atoms with van der Waals surface area (Å²) in [4.78, 5) is 26.9. The maximum absolute atomic E-state index is 12.8. The molecule has 0 bridgehead atoms. The third-order valence-electron chi connectivity index (χ3n) is 3.75. The second-order valence-electron chi connectivity index (χ2n) is 5.27. The van der Waals surface area contributed by atoms with E-state index in [1.807, 2.05) is 26.0 Å². The normalized spacial score (nSPS) is 12.0. The fourth-order valence-corrected chi connectivity index (χ4v) is 2.31. The first-order valence-electron chi connectivity index (χ1n) is 7.81. The number of amides is 1. The largest absolute Gasteiger partial charge is 0.394 e. The topological polar surface area (TPSA) is 79.2 Å². The molecule has 0 aliphatic rings. The molecule has 122 valence electrons. The minimum absolute atomic E-state index is 0.0821. The van der Waals surface area contributed by atoms with Crippen LogP contribution in [0.1, 0.15) is 42.0 Å². The van der Waals surface area contributed by atoms with Crippen molar-refractivity contribution in [2.24, 2.45) is 0 Å². The second kappa shape index (κ2) is 8.33. The van der Waals surface area contributed by atoms with E-state index in [9.17, 15) is 9.90 Å². The molecule has 0 aromatic carbocycles. The van der Waals surface area contributed by atoms with Crippen molar-refractivity contribution in [3.63, 3.8) is 0 Å². The standard InChI is InChI=1S/C17H22N4O2/c1-3-15(12-22)21(11-13-5-7-18-8-6-13)17(23)14-9-19-16(4-2)20-10-14/h5-10,15,22H,3-4,11-12H2,1-2H3/t15-/m0/s1. The molecular formula is C17H22N4O2. The monoisotopic (exact) mass is 314 g/mol. The molecule has 0 fully saturated rings. The molecule has 1 N–H and O–H groups in total. The lowest BCUT2D eigenvalue weighted by Gasteiger charge is -2.30. The van der Waals surface area contributed by atoms with Gasteiger partial charge in [-0.1, -0.05) is 13.8 Å². The van der Waals surface area contributed by atoms with E-state index in [1.54, 1.807) is 29.7 Å². The number of carbonyl (C=O) groups is 1. The molecule has 0 unspecified atom stereocenters. The van der Waals surface area contributed by atoms with Crippen LogP contribution in [0.3, 0.4) is 0 Å². The highest BCUT2D eigenvalue weighted by Gasteiger charge is 2.24. The van der Waals surface area contributed by atoms with Crippen LogP contribution < -0.4 is 0 Å². The Labute approximate surface area is 136 Å². The molecule has 2 aromatic heterocycles. The van der Waals surface area contributed by atoms with Gasteiger partial charge in [0.15, 0.2) is 0 Å². The fourth-order valence-electron chi connectivity index (χ4n) is 2.31. The zero-order valence-corrected chi connectivity index (χ0v) is 13.5. The van der Waals surface area contributed by atoms with Gasteiger partial charge in [0, 0.05) is 37.8 Å². The SMILES string of the molecule is CCc1ncc(C(=O)N(Cc2ccncc2)[C@@H](CC)CO)cn1. The van der Waals surface area contributed by atoms with Gasteiger partial charge >= 0.3 is 0 Å². The first-order chi connectivity index (χ1) is 11.2. The predicted octanol–water partition coefficient (Wildman–Crippen LogP) is 1.85. The molecule has 6 nitrogen and oxygen atoms in total. The summed E-state index contributed by atoms with van der Waals surface area (Å²) in [5.74, 6) is 0.529. The van der Waals surface area contributed by atoms with Gasteiger partial charge in [-0.05, 0) is 24.1 Å². The number of hydrogen-bond acceptors (Lipinski definition) is 5. The van der Waals surface area contributed by atoms with E-state index in [0.717, 1.165) is 12.0 Å². The van der Waals surface area contributed by atoms with Crippen LogP contribution in [0.25, 0.3) is 0 Å². The number of nitrogens with zero attached hydrogens (tertiary/aromatic N) is 4. The average Bonchev–Trinajstić information content (AvgIpc) is 2.62. The molecule has 2 aromatic rings. The third kappa shape index (κ3) is 4.32. The molecular weight excluding hydrogens is 292 g/mol. The van der Waals surface area contributed by atoms with Crippen molar-refractivity contribution in [1.29, 1.82) is 0 Å². The van der Waals surface area contributed by atoms with Gasteiger partial charge in [-0.2, -0.15) is 0 Å². The Morgan fingerprint density at radius 1 is 1.22 bits per heavy atom. The van der Waals surface area contributed by atoms with E-state index < -0.39 is 0 Å². The number of aliphatic hydroxyl groups excluding tert-OH is 1. The highest BCUT2D eigenvalue weighted by atomic mass is 16.3. The summed E-state index contributed by atoms with van der Waals surface area (Å²) in [6, 6.07) is 3.48. The molecule has 0 saturated heterocycles. The zero-order chi connectivity index (χ0) is 16.7. The van der Waals surface area contributed by atoms with Crippen LogP contribution >= 0.6 is 0 Å². The van der Waals surface area contributed by atoms with Gasteiger partial charge in [0.2, 0.25) is 0 Å². The van der Waals surface area contributed by atoms with E-state index in [1.165, 1.54) is 0 Å². The first kappa shape index (κ1) is 17.0. The summed E-state index contributed by atoms with van der Waals surface area (Å²) in [5.41, 5.74) is 1.40. The average molecular weight is 314 g/mol. The summed E-state index contributed by atoms with van der Waals surface area (Å²) < 4.78 is 0. The number of rotatable bonds is 7. The Morgan fingerprint density at radius 3 is 2.39 bits per heavy atom. The van der Waals surface area contributed by atoms with Crippen molar-refractivity contribution in [2.75, 3.05) is 6.61 Å². The Morgan fingerprint density at radius 2 is 1.87 bits per heavy atom. The summed E-state index contributed by atoms with van der Waals surface area (Å²) in [5, 5.41) is 9.61. The molecule has 0 radical (unpaired) electrons. The van der Waals surface area contributed by atoms with E-state index in [2.05, 4.69) is 15.0 Å². The van der Waals surface area contributed by atoms with Gasteiger partial charge in [0.05, 0.1) is 18.2 Å². The van der Waals surface area contributed by atoms with Crippen molar-refractivity contribution in [3.05, 3.63) is 53.9 Å². The summed E-state index contributed by atoms with van der Waals surface area (Å²) in [7, 11) is 0. The molecule has 2 rings (SSSR count). The third-order valence-corrected chi connectivity index (χ3v) is 3.75. The van der Waals surface area contributed by atoms with Crippen molar-refractivity contribution in [1.82, 2.24) is 19.9 Å². The van der Waals surface area contributed by atoms with Crippen LogP contribution in [0, 0.1) is 0 Å². The highest BCUT2D eigenvalue weighted by molar-refractivity contribution is 5.93. The van der Waals surface area contributed by atoms with Gasteiger partial charge in [-0.15, -0.1) is 0 Å². The zero-order valence-electron chi connectivity index (χ0n) is 13.5. The van der Waals surface area contributed by atoms with E-state index in [0.29, 0.717) is 24.4 Å². The maximum atomic E-state index is 12.8. The van der Waals surface area contributed by atoms with Crippen molar-refractivity contribution in [3.8, 4) is 0 Å². The van der Waals surface area contributed by atoms with Crippen LogP contribution in [0.4, 0.5) is 0 Å². The number of pyridine rings is 1. The molecule has 6 heteroatoms. The maximum Gasteiger partial charge on any atom is 0.257 e. The number of aliphatic hydroxyl groups is 1. The molecule has 23 heavy (non-hydrogen) atoms. The van der Waals surface area contributed by atoms with Crippen LogP contribution in [-0.2, 0) is 13.0 Å². The smallest absolute Gasteiger partial charge is 0.257 e. The van der Waals surface area contributed by atoms with Crippen LogP contribution in [0.5, 0.6) is 0 Å². The minimum Gasteiger partial charge on any atom is -0.394 e. The second-order valence-corrected chi connectivity index (χ2v) is 5.27. The molecule has 1 atom stereocenters. The number of aromatic nitrogens is 3. The van der Waals surface area contributed by atoms with Crippen LogP contribution in [-0.4, -0.2) is 43.5 Å². The van der Waals surface area contributed by atoms with Crippen molar-refractivity contribution in [2.45, 2.75) is 39.3 Å². The lowest BCUT2D eigenvalue weighted by Crippen LogP contribution is -2.41. The molecule has 2 heterocycles. The molecule has 0 aliphatic carbocycles. The number of aryl methyl sites for hydroxylation is 1. The van der Waals surface area contributed by atoms with Crippen LogP contribution in [0.2, 0.25) is 0 Å². The summed E-state index contributed by atoms with van der Waals surface area (Å²) in [6.07, 6.45) is 7.88. The van der Waals surface area contributed by atoms with E-state index in [4.69, 9.17) is 0 Å². The number of hydrogen-bond donors (Lipinski definition) is 1. The van der Waals surface area contributed by atoms with Gasteiger partial charge in [0.1, 0.15) is 5.82 Å². The Bertz CT molecular complexity index is 612. The summed E-state index contributed by atoms with van der Waals surface area (Å²) in [6.45, 7) is 4.24. The van der Waals surface area contributed by atoms with Gasteiger partial charge in [0.25, 0.3) is 5.91 Å². The summed E-state index contributed by atoms with van der Waals surface area (Å²) >= 11 is 0.